The molecule has 0 spiro atoms. The Kier molecular flexibility index (Phi) is 3.22. The molecule has 1 aromatic rings. The van der Waals surface area contributed by atoms with Crippen molar-refractivity contribution in [1.82, 2.24) is 0 Å². The maximum absolute atomic E-state index is 13.6. The molecule has 1 aliphatic rings. The molecule has 0 aliphatic heterocycles. The molecule has 0 aromatic heterocycles. The summed E-state index contributed by atoms with van der Waals surface area (Å²) in [5, 5.41) is 0. The first kappa shape index (κ1) is 11.1. The van der Waals surface area contributed by atoms with Gasteiger partial charge in [0.25, 0.3) is 0 Å². The number of halogens is 1. The van der Waals surface area contributed by atoms with E-state index in [1.54, 1.807) is 12.1 Å². The molecule has 0 bridgehead atoms. The van der Waals surface area contributed by atoms with Crippen LogP contribution in [0.3, 0.4) is 0 Å². The number of carbonyl (C=O) groups excluding carboxylic acids is 1. The van der Waals surface area contributed by atoms with Gasteiger partial charge >= 0.3 is 0 Å². The lowest BCUT2D eigenvalue weighted by Gasteiger charge is -2.09. The highest BCUT2D eigenvalue weighted by Gasteiger charge is 2.25. The maximum Gasteiger partial charge on any atom is 0.136 e. The monoisotopic (exact) mass is 222 g/mol. The quantitative estimate of drug-likeness (QED) is 0.786. The minimum Gasteiger partial charge on any atom is -0.497 e. The minimum atomic E-state index is -0.279. The summed E-state index contributed by atoms with van der Waals surface area (Å²) < 4.78 is 18.6. The average Bonchev–Trinajstić information content (AvgIpc) is 2.67. The van der Waals surface area contributed by atoms with Crippen molar-refractivity contribution >= 4 is 5.78 Å². The summed E-state index contributed by atoms with van der Waals surface area (Å²) in [4.78, 5) is 11.5. The van der Waals surface area contributed by atoms with Gasteiger partial charge in [-0.25, -0.2) is 4.39 Å². The van der Waals surface area contributed by atoms with Crippen LogP contribution in [-0.2, 0) is 11.2 Å². The van der Waals surface area contributed by atoms with Gasteiger partial charge in [-0.3, -0.25) is 4.79 Å². The molecule has 1 saturated carbocycles. The van der Waals surface area contributed by atoms with Gasteiger partial charge in [0.05, 0.1) is 7.11 Å². The molecule has 0 heterocycles. The summed E-state index contributed by atoms with van der Waals surface area (Å²) in [6.07, 6.45) is 3.02. The van der Waals surface area contributed by atoms with E-state index in [2.05, 4.69) is 0 Å². The fourth-order valence-corrected chi connectivity index (χ4v) is 2.19. The third-order valence-electron chi connectivity index (χ3n) is 3.16. The second-order valence-electron chi connectivity index (χ2n) is 4.22. The maximum atomic E-state index is 13.6. The number of hydrogen-bond donors (Lipinski definition) is 0. The van der Waals surface area contributed by atoms with Crippen molar-refractivity contribution in [2.75, 3.05) is 7.11 Å². The minimum absolute atomic E-state index is 0.0166. The Morgan fingerprint density at radius 2 is 2.31 bits per heavy atom. The molecule has 2 rings (SSSR count). The van der Waals surface area contributed by atoms with E-state index in [-0.39, 0.29) is 17.5 Å². The third-order valence-corrected chi connectivity index (χ3v) is 3.16. The Balaban J connectivity index is 2.12. The summed E-state index contributed by atoms with van der Waals surface area (Å²) in [6.45, 7) is 0. The fourth-order valence-electron chi connectivity index (χ4n) is 2.19. The van der Waals surface area contributed by atoms with Gasteiger partial charge in [0.1, 0.15) is 17.3 Å². The second kappa shape index (κ2) is 4.64. The highest BCUT2D eigenvalue weighted by atomic mass is 19.1. The highest BCUT2D eigenvalue weighted by molar-refractivity contribution is 5.83. The van der Waals surface area contributed by atoms with Crippen LogP contribution in [0, 0.1) is 11.7 Å². The van der Waals surface area contributed by atoms with Crippen LogP contribution >= 0.6 is 0 Å². The zero-order valence-electron chi connectivity index (χ0n) is 9.33. The Labute approximate surface area is 94.4 Å². The molecule has 0 amide bonds. The number of methoxy groups -OCH3 is 1. The number of rotatable bonds is 3. The van der Waals surface area contributed by atoms with Gasteiger partial charge in [0.15, 0.2) is 0 Å². The summed E-state index contributed by atoms with van der Waals surface area (Å²) >= 11 is 0. The molecule has 0 saturated heterocycles. The number of ether oxygens (including phenoxy) is 1. The van der Waals surface area contributed by atoms with Gasteiger partial charge < -0.3 is 4.74 Å². The number of ketones is 1. The lowest BCUT2D eigenvalue weighted by Crippen LogP contribution is -2.10. The van der Waals surface area contributed by atoms with E-state index < -0.39 is 0 Å². The van der Waals surface area contributed by atoms with Crippen LogP contribution in [0.15, 0.2) is 18.2 Å². The molecule has 16 heavy (non-hydrogen) atoms. The average molecular weight is 222 g/mol. The van der Waals surface area contributed by atoms with Gasteiger partial charge in [-0.1, -0.05) is 6.07 Å². The Morgan fingerprint density at radius 1 is 1.50 bits per heavy atom. The smallest absolute Gasteiger partial charge is 0.136 e. The number of carbonyl (C=O) groups is 1. The van der Waals surface area contributed by atoms with E-state index in [1.807, 2.05) is 0 Å². The third kappa shape index (κ3) is 2.23. The molecule has 0 radical (unpaired) electrons. The molecular weight excluding hydrogens is 207 g/mol. The molecule has 1 unspecified atom stereocenters. The summed E-state index contributed by atoms with van der Waals surface area (Å²) in [6, 6.07) is 4.81. The van der Waals surface area contributed by atoms with Crippen molar-refractivity contribution in [2.24, 2.45) is 5.92 Å². The van der Waals surface area contributed by atoms with Gasteiger partial charge in [0, 0.05) is 18.4 Å². The van der Waals surface area contributed by atoms with Crippen LogP contribution in [0.5, 0.6) is 5.75 Å². The van der Waals surface area contributed by atoms with E-state index in [0.717, 1.165) is 12.8 Å². The molecule has 1 atom stereocenters. The lowest BCUT2D eigenvalue weighted by atomic mass is 9.97. The molecular formula is C13H15FO2. The second-order valence-corrected chi connectivity index (χ2v) is 4.22. The van der Waals surface area contributed by atoms with Crippen LogP contribution in [0.4, 0.5) is 4.39 Å². The van der Waals surface area contributed by atoms with E-state index >= 15 is 0 Å². The van der Waals surface area contributed by atoms with Crippen molar-refractivity contribution in [3.05, 3.63) is 29.6 Å². The van der Waals surface area contributed by atoms with Gasteiger partial charge in [-0.05, 0) is 30.9 Å². The molecule has 1 fully saturated rings. The molecule has 1 aromatic carbocycles. The van der Waals surface area contributed by atoms with Crippen molar-refractivity contribution in [3.63, 3.8) is 0 Å². The van der Waals surface area contributed by atoms with Crippen molar-refractivity contribution in [3.8, 4) is 5.75 Å². The Hall–Kier alpha value is -1.38. The molecule has 3 heteroatoms. The van der Waals surface area contributed by atoms with Crippen LogP contribution in [0.25, 0.3) is 0 Å². The molecule has 1 aliphatic carbocycles. The van der Waals surface area contributed by atoms with Crippen molar-refractivity contribution in [1.29, 1.82) is 0 Å². The summed E-state index contributed by atoms with van der Waals surface area (Å²) in [7, 11) is 1.51. The van der Waals surface area contributed by atoms with E-state index in [9.17, 15) is 9.18 Å². The Bertz CT molecular complexity index is 401. The van der Waals surface area contributed by atoms with Crippen LogP contribution in [0.2, 0.25) is 0 Å². The topological polar surface area (TPSA) is 26.3 Å². The predicted molar refractivity (Wildman–Crippen MR) is 59.0 cm³/mol. The van der Waals surface area contributed by atoms with Crippen LogP contribution in [0.1, 0.15) is 24.8 Å². The lowest BCUT2D eigenvalue weighted by molar-refractivity contribution is -0.120. The van der Waals surface area contributed by atoms with Gasteiger partial charge in [-0.15, -0.1) is 0 Å². The standard InChI is InChI=1S/C13H15FO2/c1-16-11-6-5-9(12(14)8-11)7-10-3-2-4-13(10)15/h5-6,8,10H,2-4,7H2,1H3. The first-order chi connectivity index (χ1) is 7.70. The predicted octanol–water partition coefficient (Wildman–Crippen LogP) is 2.75. The van der Waals surface area contributed by atoms with Crippen LogP contribution < -0.4 is 4.74 Å². The van der Waals surface area contributed by atoms with E-state index in [1.165, 1.54) is 13.2 Å². The molecule has 86 valence electrons. The van der Waals surface area contributed by atoms with Crippen LogP contribution in [-0.4, -0.2) is 12.9 Å². The SMILES string of the molecule is COc1ccc(CC2CCCC2=O)c(F)c1. The van der Waals surface area contributed by atoms with Gasteiger partial charge in [-0.2, -0.15) is 0 Å². The summed E-state index contributed by atoms with van der Waals surface area (Å²) in [5.74, 6) is 0.524. The van der Waals surface area contributed by atoms with E-state index in [0.29, 0.717) is 24.2 Å². The van der Waals surface area contributed by atoms with Crippen molar-refractivity contribution < 1.29 is 13.9 Å². The first-order valence-corrected chi connectivity index (χ1v) is 5.56. The number of Topliss-reactive ketones (excluding diaryl/α,β-unsaturated/α-hetero) is 1. The number of benzene rings is 1. The largest absolute Gasteiger partial charge is 0.497 e. The summed E-state index contributed by atoms with van der Waals surface area (Å²) in [5.41, 5.74) is 0.612. The number of hydrogen-bond acceptors (Lipinski definition) is 2. The highest BCUT2D eigenvalue weighted by Crippen LogP contribution is 2.27. The Morgan fingerprint density at radius 3 is 2.88 bits per heavy atom. The zero-order chi connectivity index (χ0) is 11.5. The normalized spacial score (nSPS) is 20.1. The zero-order valence-corrected chi connectivity index (χ0v) is 9.33. The molecule has 2 nitrogen and oxygen atoms in total. The van der Waals surface area contributed by atoms with Crippen molar-refractivity contribution in [2.45, 2.75) is 25.7 Å². The first-order valence-electron chi connectivity index (χ1n) is 5.56. The van der Waals surface area contributed by atoms with E-state index in [4.69, 9.17) is 4.74 Å². The molecule has 0 N–H and O–H groups in total. The fraction of sp³-hybridized carbons (Fsp3) is 0.462. The van der Waals surface area contributed by atoms with Gasteiger partial charge in [0.2, 0.25) is 0 Å².